The standard InChI is InChI=1S/C22H26ClN7O2S/c1-14-4-3-5-16(23)20(14)30(22-25-13-17(33-22)21(24)32)19-12-18(26-15(2)27-19)29-8-6-28(7-9-29)10-11-31/h3-5,12-13,31H,6-11H2,1-2H3,(H2,24,32). The number of amides is 1. The molecule has 33 heavy (non-hydrogen) atoms. The summed E-state index contributed by atoms with van der Waals surface area (Å²) in [6, 6.07) is 7.59. The number of nitrogens with two attached hydrogens (primary N) is 1. The Morgan fingerprint density at radius 3 is 2.64 bits per heavy atom. The summed E-state index contributed by atoms with van der Waals surface area (Å²) in [6.07, 6.45) is 1.47. The Bertz CT molecular complexity index is 1130. The highest BCUT2D eigenvalue weighted by molar-refractivity contribution is 7.17. The first kappa shape index (κ1) is 23.4. The van der Waals surface area contributed by atoms with Gasteiger partial charge < -0.3 is 15.7 Å². The highest BCUT2D eigenvalue weighted by Gasteiger charge is 2.25. The van der Waals surface area contributed by atoms with Gasteiger partial charge in [0.25, 0.3) is 5.91 Å². The van der Waals surface area contributed by atoms with E-state index in [9.17, 15) is 9.90 Å². The fraction of sp³-hybridized carbons (Fsp3) is 0.364. The van der Waals surface area contributed by atoms with E-state index in [4.69, 9.17) is 22.3 Å². The molecule has 1 aliphatic heterocycles. The van der Waals surface area contributed by atoms with Crippen LogP contribution < -0.4 is 15.5 Å². The first-order valence-corrected chi connectivity index (χ1v) is 11.8. The molecule has 1 aromatic carbocycles. The molecule has 0 aliphatic carbocycles. The molecule has 0 saturated carbocycles. The van der Waals surface area contributed by atoms with Gasteiger partial charge >= 0.3 is 0 Å². The second-order valence-electron chi connectivity index (χ2n) is 7.80. The SMILES string of the molecule is Cc1nc(N2CCN(CCO)CC2)cc(N(c2ncc(C(N)=O)s2)c2c(C)cccc2Cl)n1. The third-order valence-corrected chi connectivity index (χ3v) is 6.79. The summed E-state index contributed by atoms with van der Waals surface area (Å²) in [4.78, 5) is 32.2. The van der Waals surface area contributed by atoms with E-state index in [1.165, 1.54) is 17.5 Å². The molecule has 0 radical (unpaired) electrons. The highest BCUT2D eigenvalue weighted by Crippen LogP contribution is 2.42. The number of carbonyl (C=O) groups excluding carboxylic acids is 1. The average Bonchev–Trinajstić information content (AvgIpc) is 3.27. The van der Waals surface area contributed by atoms with E-state index in [1.54, 1.807) is 0 Å². The van der Waals surface area contributed by atoms with Gasteiger partial charge in [0.05, 0.1) is 23.5 Å². The van der Waals surface area contributed by atoms with Crippen LogP contribution in [0.3, 0.4) is 0 Å². The van der Waals surface area contributed by atoms with Gasteiger partial charge in [-0.15, -0.1) is 0 Å². The number of carbonyl (C=O) groups is 1. The number of hydrogen-bond acceptors (Lipinski definition) is 9. The van der Waals surface area contributed by atoms with Crippen molar-refractivity contribution >= 4 is 51.3 Å². The maximum Gasteiger partial charge on any atom is 0.260 e. The van der Waals surface area contributed by atoms with Crippen molar-refractivity contribution in [3.05, 3.63) is 51.7 Å². The third-order valence-electron chi connectivity index (χ3n) is 5.49. The number of β-amino-alcohol motifs (C(OH)–C–C–N with tert-alkyl or cyclic N) is 1. The summed E-state index contributed by atoms with van der Waals surface area (Å²) in [6.45, 7) is 7.93. The Hall–Kier alpha value is -2.79. The molecule has 1 amide bonds. The van der Waals surface area contributed by atoms with Gasteiger partial charge in [-0.3, -0.25) is 14.6 Å². The number of aliphatic hydroxyl groups is 1. The Morgan fingerprint density at radius 1 is 1.24 bits per heavy atom. The van der Waals surface area contributed by atoms with Crippen LogP contribution in [0.2, 0.25) is 5.02 Å². The third kappa shape index (κ3) is 5.09. The fourth-order valence-electron chi connectivity index (χ4n) is 3.85. The normalized spacial score (nSPS) is 14.5. The van der Waals surface area contributed by atoms with E-state index in [1.807, 2.05) is 43.0 Å². The number of rotatable bonds is 7. The van der Waals surface area contributed by atoms with E-state index in [2.05, 4.69) is 19.8 Å². The molecule has 0 unspecified atom stereocenters. The zero-order valence-electron chi connectivity index (χ0n) is 18.5. The van der Waals surface area contributed by atoms with E-state index in [-0.39, 0.29) is 6.61 Å². The Labute approximate surface area is 201 Å². The van der Waals surface area contributed by atoms with Gasteiger partial charge in [0, 0.05) is 38.8 Å². The number of piperazine rings is 1. The fourth-order valence-corrected chi connectivity index (χ4v) is 4.94. The zero-order valence-corrected chi connectivity index (χ0v) is 20.1. The van der Waals surface area contributed by atoms with Crippen LogP contribution in [0.4, 0.5) is 22.5 Å². The van der Waals surface area contributed by atoms with Crippen LogP contribution in [0.25, 0.3) is 0 Å². The predicted molar refractivity (Wildman–Crippen MR) is 131 cm³/mol. The van der Waals surface area contributed by atoms with Gasteiger partial charge in [-0.05, 0) is 25.5 Å². The van der Waals surface area contributed by atoms with E-state index in [0.717, 1.165) is 43.2 Å². The van der Waals surface area contributed by atoms with Crippen LogP contribution in [0, 0.1) is 13.8 Å². The molecule has 1 fully saturated rings. The van der Waals surface area contributed by atoms with Crippen molar-refractivity contribution < 1.29 is 9.90 Å². The molecule has 0 bridgehead atoms. The molecule has 3 heterocycles. The molecular formula is C22H26ClN7O2S. The highest BCUT2D eigenvalue weighted by atomic mass is 35.5. The van der Waals surface area contributed by atoms with Crippen molar-refractivity contribution in [3.8, 4) is 0 Å². The van der Waals surface area contributed by atoms with Crippen LogP contribution >= 0.6 is 22.9 Å². The van der Waals surface area contributed by atoms with E-state index < -0.39 is 5.91 Å². The van der Waals surface area contributed by atoms with Gasteiger partial charge in [-0.25, -0.2) is 15.0 Å². The summed E-state index contributed by atoms with van der Waals surface area (Å²) in [5, 5.41) is 10.3. The van der Waals surface area contributed by atoms with E-state index >= 15 is 0 Å². The van der Waals surface area contributed by atoms with Gasteiger partial charge in [-0.1, -0.05) is 35.1 Å². The lowest BCUT2D eigenvalue weighted by Gasteiger charge is -2.35. The minimum Gasteiger partial charge on any atom is -0.395 e. The number of primary amides is 1. The molecule has 9 nitrogen and oxygen atoms in total. The quantitative estimate of drug-likeness (QED) is 0.523. The second kappa shape index (κ2) is 10.0. The molecule has 11 heteroatoms. The van der Waals surface area contributed by atoms with Crippen LogP contribution in [-0.4, -0.2) is 70.2 Å². The van der Waals surface area contributed by atoms with Crippen molar-refractivity contribution in [2.24, 2.45) is 5.73 Å². The van der Waals surface area contributed by atoms with Crippen LogP contribution in [0.1, 0.15) is 21.1 Å². The number of hydrogen-bond donors (Lipinski definition) is 2. The molecule has 1 aliphatic rings. The Kier molecular flexibility index (Phi) is 7.08. The number of aliphatic hydroxyl groups excluding tert-OH is 1. The molecular weight excluding hydrogens is 462 g/mol. The lowest BCUT2D eigenvalue weighted by molar-refractivity contribution is 0.100. The zero-order chi connectivity index (χ0) is 23.5. The summed E-state index contributed by atoms with van der Waals surface area (Å²) in [7, 11) is 0. The van der Waals surface area contributed by atoms with Gasteiger partial charge in [-0.2, -0.15) is 0 Å². The molecule has 174 valence electrons. The lowest BCUT2D eigenvalue weighted by Crippen LogP contribution is -2.47. The predicted octanol–water partition coefficient (Wildman–Crippen LogP) is 2.89. The topological polar surface area (TPSA) is 112 Å². The van der Waals surface area contributed by atoms with Crippen LogP contribution in [-0.2, 0) is 0 Å². The van der Waals surface area contributed by atoms with Gasteiger partial charge in [0.15, 0.2) is 5.13 Å². The second-order valence-corrected chi connectivity index (χ2v) is 9.21. The number of aromatic nitrogens is 3. The smallest absolute Gasteiger partial charge is 0.260 e. The first-order chi connectivity index (χ1) is 15.9. The monoisotopic (exact) mass is 487 g/mol. The number of aryl methyl sites for hydroxylation is 2. The molecule has 0 spiro atoms. The molecule has 0 atom stereocenters. The number of halogens is 1. The maximum atomic E-state index is 11.7. The van der Waals surface area contributed by atoms with Crippen molar-refractivity contribution in [1.29, 1.82) is 0 Å². The van der Waals surface area contributed by atoms with E-state index in [0.29, 0.717) is 33.2 Å². The number of thiazole rings is 1. The maximum absolute atomic E-state index is 11.7. The van der Waals surface area contributed by atoms with Gasteiger partial charge in [0.1, 0.15) is 22.3 Å². The molecule has 2 aromatic heterocycles. The number of anilines is 4. The molecule has 3 aromatic rings. The van der Waals surface area contributed by atoms with Crippen molar-refractivity contribution in [1.82, 2.24) is 19.9 Å². The number of nitrogens with zero attached hydrogens (tertiary/aromatic N) is 6. The minimum atomic E-state index is -0.533. The average molecular weight is 488 g/mol. The molecule has 4 rings (SSSR count). The van der Waals surface area contributed by atoms with Crippen molar-refractivity contribution in [3.63, 3.8) is 0 Å². The lowest BCUT2D eigenvalue weighted by atomic mass is 10.2. The number of benzene rings is 1. The van der Waals surface area contributed by atoms with Crippen LogP contribution in [0.5, 0.6) is 0 Å². The van der Waals surface area contributed by atoms with Gasteiger partial charge in [0.2, 0.25) is 0 Å². The summed E-state index contributed by atoms with van der Waals surface area (Å²) in [5.74, 6) is 1.50. The largest absolute Gasteiger partial charge is 0.395 e. The summed E-state index contributed by atoms with van der Waals surface area (Å²) >= 11 is 7.82. The first-order valence-electron chi connectivity index (χ1n) is 10.6. The minimum absolute atomic E-state index is 0.157. The molecule has 1 saturated heterocycles. The Morgan fingerprint density at radius 2 is 2.00 bits per heavy atom. The summed E-state index contributed by atoms with van der Waals surface area (Å²) < 4.78 is 0. The summed E-state index contributed by atoms with van der Waals surface area (Å²) in [5.41, 5.74) is 7.15. The van der Waals surface area contributed by atoms with Crippen molar-refractivity contribution in [2.45, 2.75) is 13.8 Å². The number of para-hydroxylation sites is 1. The Balaban J connectivity index is 1.77. The van der Waals surface area contributed by atoms with Crippen LogP contribution in [0.15, 0.2) is 30.5 Å². The molecule has 3 N–H and O–H groups in total. The van der Waals surface area contributed by atoms with Crippen molar-refractivity contribution in [2.75, 3.05) is 49.1 Å².